The fourth-order valence-electron chi connectivity index (χ4n) is 4.14. The predicted octanol–water partition coefficient (Wildman–Crippen LogP) is 0.819. The van der Waals surface area contributed by atoms with Gasteiger partial charge in [0.05, 0.1) is 13.2 Å². The van der Waals surface area contributed by atoms with Crippen molar-refractivity contribution in [1.29, 1.82) is 0 Å². The van der Waals surface area contributed by atoms with Crippen LogP contribution < -0.4 is 21.3 Å². The Balaban J connectivity index is 2.07. The van der Waals surface area contributed by atoms with Gasteiger partial charge < -0.3 is 14.6 Å². The average Bonchev–Trinajstić information content (AvgIpc) is 2.96. The van der Waals surface area contributed by atoms with Crippen LogP contribution in [-0.2, 0) is 27.6 Å². The van der Waals surface area contributed by atoms with E-state index in [0.29, 0.717) is 11.4 Å². The molecule has 1 aromatic carbocycles. The second-order valence-corrected chi connectivity index (χ2v) is 6.71. The number of fused-ring (bicyclic) bond motifs is 3. The van der Waals surface area contributed by atoms with E-state index in [9.17, 15) is 9.59 Å². The molecule has 2 aromatic heterocycles. The molecular weight excluding hydrogens is 332 g/mol. The van der Waals surface area contributed by atoms with Crippen molar-refractivity contribution in [2.45, 2.75) is 12.5 Å². The van der Waals surface area contributed by atoms with Gasteiger partial charge in [-0.25, -0.2) is 4.79 Å². The van der Waals surface area contributed by atoms with Gasteiger partial charge in [-0.2, -0.15) is 0 Å². The first kappa shape index (κ1) is 16.7. The van der Waals surface area contributed by atoms with Gasteiger partial charge in [0.2, 0.25) is 5.88 Å². The van der Waals surface area contributed by atoms with Crippen molar-refractivity contribution >= 4 is 10.9 Å². The van der Waals surface area contributed by atoms with Crippen LogP contribution in [0.3, 0.4) is 0 Å². The largest absolute Gasteiger partial charge is 0.482 e. The Labute approximate surface area is 150 Å². The maximum atomic E-state index is 13.0. The van der Waals surface area contributed by atoms with E-state index in [4.69, 9.17) is 4.74 Å². The molecule has 7 nitrogen and oxygen atoms in total. The summed E-state index contributed by atoms with van der Waals surface area (Å²) in [7, 11) is 6.62. The summed E-state index contributed by atoms with van der Waals surface area (Å²) in [5, 5.41) is 4.66. The molecule has 3 aromatic rings. The zero-order valence-corrected chi connectivity index (χ0v) is 15.4. The molecule has 4 rings (SSSR count). The Morgan fingerprint density at radius 3 is 2.54 bits per heavy atom. The smallest absolute Gasteiger partial charge is 0.333 e. The standard InChI is InChI=1S/C19H22N4O3/c1-21-13-8-6-5-7-11(13)12-9-10-20-15(16(12)21)14-17(24)22(2)19(25)23(3)18(14)26-4/h5-8,15,20H,9-10H2,1-4H3. The van der Waals surface area contributed by atoms with Crippen LogP contribution in [0, 0.1) is 0 Å². The molecule has 0 saturated heterocycles. The highest BCUT2D eigenvalue weighted by atomic mass is 16.5. The Hall–Kier alpha value is -2.80. The minimum Gasteiger partial charge on any atom is -0.482 e. The molecule has 0 spiro atoms. The molecule has 1 N–H and O–H groups in total. The van der Waals surface area contributed by atoms with Gasteiger partial charge in [0.25, 0.3) is 5.56 Å². The highest BCUT2D eigenvalue weighted by Gasteiger charge is 2.33. The van der Waals surface area contributed by atoms with Crippen LogP contribution >= 0.6 is 0 Å². The molecule has 136 valence electrons. The highest BCUT2D eigenvalue weighted by molar-refractivity contribution is 5.86. The lowest BCUT2D eigenvalue weighted by Gasteiger charge is -2.28. The summed E-state index contributed by atoms with van der Waals surface area (Å²) in [6.45, 7) is 0.751. The van der Waals surface area contributed by atoms with Gasteiger partial charge >= 0.3 is 5.69 Å². The molecule has 1 atom stereocenters. The summed E-state index contributed by atoms with van der Waals surface area (Å²) in [4.78, 5) is 25.3. The third-order valence-corrected chi connectivity index (χ3v) is 5.38. The topological polar surface area (TPSA) is 70.2 Å². The second-order valence-electron chi connectivity index (χ2n) is 6.71. The van der Waals surface area contributed by atoms with Crippen LogP contribution in [0.25, 0.3) is 10.9 Å². The first-order chi connectivity index (χ1) is 12.5. The lowest BCUT2D eigenvalue weighted by atomic mass is 9.95. The molecule has 1 aliphatic heterocycles. The van der Waals surface area contributed by atoms with Gasteiger partial charge in [0.1, 0.15) is 5.56 Å². The number of aromatic nitrogens is 3. The third kappa shape index (κ3) is 2.10. The molecule has 0 bridgehead atoms. The molecule has 1 unspecified atom stereocenters. The SMILES string of the molecule is COc1c(C2NCCc3c2n(C)c2ccccc32)c(=O)n(C)c(=O)n1C. The molecule has 0 radical (unpaired) electrons. The summed E-state index contributed by atoms with van der Waals surface area (Å²) in [5.74, 6) is 0.300. The highest BCUT2D eigenvalue weighted by Crippen LogP contribution is 2.36. The monoisotopic (exact) mass is 354 g/mol. The number of para-hydroxylation sites is 1. The first-order valence-corrected chi connectivity index (χ1v) is 8.60. The maximum absolute atomic E-state index is 13.0. The fourth-order valence-corrected chi connectivity index (χ4v) is 4.14. The Kier molecular flexibility index (Phi) is 3.77. The summed E-state index contributed by atoms with van der Waals surface area (Å²) in [5.41, 5.74) is 3.15. The van der Waals surface area contributed by atoms with Gasteiger partial charge in [-0.3, -0.25) is 13.9 Å². The van der Waals surface area contributed by atoms with E-state index >= 15 is 0 Å². The maximum Gasteiger partial charge on any atom is 0.333 e. The molecule has 1 aliphatic rings. The number of nitrogens with zero attached hydrogens (tertiary/aromatic N) is 3. The summed E-state index contributed by atoms with van der Waals surface area (Å²) >= 11 is 0. The lowest BCUT2D eigenvalue weighted by molar-refractivity contribution is 0.353. The first-order valence-electron chi connectivity index (χ1n) is 8.60. The third-order valence-electron chi connectivity index (χ3n) is 5.38. The Morgan fingerprint density at radius 1 is 1.08 bits per heavy atom. The second kappa shape index (κ2) is 5.88. The van der Waals surface area contributed by atoms with Crippen LogP contribution in [-0.4, -0.2) is 27.4 Å². The van der Waals surface area contributed by atoms with E-state index in [1.54, 1.807) is 7.05 Å². The number of aryl methyl sites for hydroxylation is 1. The summed E-state index contributed by atoms with van der Waals surface area (Å²) in [6, 6.07) is 7.91. The minimum atomic E-state index is -0.399. The number of nitrogens with one attached hydrogen (secondary N) is 1. The zero-order chi connectivity index (χ0) is 18.6. The molecule has 7 heteroatoms. The number of hydrogen-bond donors (Lipinski definition) is 1. The molecular formula is C19H22N4O3. The van der Waals surface area contributed by atoms with Crippen molar-refractivity contribution in [2.75, 3.05) is 13.7 Å². The van der Waals surface area contributed by atoms with Crippen molar-refractivity contribution < 1.29 is 4.74 Å². The fraction of sp³-hybridized carbons (Fsp3) is 0.368. The van der Waals surface area contributed by atoms with Gasteiger partial charge in [-0.1, -0.05) is 18.2 Å². The van der Waals surface area contributed by atoms with E-state index in [1.807, 2.05) is 19.2 Å². The molecule has 0 aliphatic carbocycles. The molecule has 3 heterocycles. The average molecular weight is 354 g/mol. The molecule has 0 amide bonds. The van der Waals surface area contributed by atoms with Crippen molar-refractivity contribution in [2.24, 2.45) is 21.1 Å². The van der Waals surface area contributed by atoms with Crippen LogP contribution in [0.5, 0.6) is 5.88 Å². The van der Waals surface area contributed by atoms with Crippen LogP contribution in [0.1, 0.15) is 22.9 Å². The van der Waals surface area contributed by atoms with E-state index in [0.717, 1.165) is 28.7 Å². The van der Waals surface area contributed by atoms with Crippen molar-refractivity contribution in [3.8, 4) is 5.88 Å². The molecule has 0 fully saturated rings. The van der Waals surface area contributed by atoms with E-state index in [2.05, 4.69) is 22.0 Å². The zero-order valence-electron chi connectivity index (χ0n) is 15.4. The summed E-state index contributed by atoms with van der Waals surface area (Å²) < 4.78 is 10.1. The van der Waals surface area contributed by atoms with Crippen molar-refractivity contribution in [3.05, 3.63) is 61.9 Å². The van der Waals surface area contributed by atoms with Gasteiger partial charge in [0.15, 0.2) is 0 Å². The number of benzene rings is 1. The summed E-state index contributed by atoms with van der Waals surface area (Å²) in [6.07, 6.45) is 0.890. The van der Waals surface area contributed by atoms with E-state index in [-0.39, 0.29) is 11.6 Å². The molecule has 0 saturated carbocycles. The van der Waals surface area contributed by atoms with Crippen LogP contribution in [0.15, 0.2) is 33.9 Å². The normalized spacial score (nSPS) is 16.7. The van der Waals surface area contributed by atoms with E-state index < -0.39 is 5.69 Å². The number of ether oxygens (including phenoxy) is 1. The Morgan fingerprint density at radius 2 is 1.81 bits per heavy atom. The quantitative estimate of drug-likeness (QED) is 0.740. The van der Waals surface area contributed by atoms with Crippen molar-refractivity contribution in [3.63, 3.8) is 0 Å². The lowest BCUT2D eigenvalue weighted by Crippen LogP contribution is -2.44. The minimum absolute atomic E-state index is 0.300. The number of methoxy groups -OCH3 is 1. The Bertz CT molecular complexity index is 1140. The van der Waals surface area contributed by atoms with Gasteiger partial charge in [-0.05, 0) is 18.1 Å². The van der Waals surface area contributed by atoms with Crippen molar-refractivity contribution in [1.82, 2.24) is 19.0 Å². The van der Waals surface area contributed by atoms with Crippen LogP contribution in [0.4, 0.5) is 0 Å². The predicted molar refractivity (Wildman–Crippen MR) is 99.9 cm³/mol. The van der Waals surface area contributed by atoms with E-state index in [1.165, 1.54) is 29.7 Å². The van der Waals surface area contributed by atoms with Gasteiger partial charge in [-0.15, -0.1) is 0 Å². The number of rotatable bonds is 2. The van der Waals surface area contributed by atoms with Gasteiger partial charge in [0, 0.05) is 44.3 Å². The molecule has 26 heavy (non-hydrogen) atoms. The number of hydrogen-bond acceptors (Lipinski definition) is 4. The van der Waals surface area contributed by atoms with Crippen LogP contribution in [0.2, 0.25) is 0 Å².